The molecule has 7 heteroatoms. The highest BCUT2D eigenvalue weighted by atomic mass is 16.5. The first-order chi connectivity index (χ1) is 15.9. The van der Waals surface area contributed by atoms with Crippen LogP contribution in [0.1, 0.15) is 31.2 Å². The van der Waals surface area contributed by atoms with Gasteiger partial charge in [-0.05, 0) is 43.9 Å². The first-order valence-corrected chi connectivity index (χ1v) is 11.7. The summed E-state index contributed by atoms with van der Waals surface area (Å²) in [5, 5.41) is 8.41. The Kier molecular flexibility index (Phi) is 7.18. The average Bonchev–Trinajstić information content (AvgIpc) is 2.82. The summed E-state index contributed by atoms with van der Waals surface area (Å²) in [5.74, 6) is 2.61. The number of nitrogens with zero attached hydrogens (tertiary/aromatic N) is 4. The number of nitrogens with one attached hydrogen (secondary N) is 2. The molecule has 4 rings (SSSR count). The summed E-state index contributed by atoms with van der Waals surface area (Å²) >= 11 is 0. The standard InChI is InChI=1S/C26H36N6O/c1-31(2)21-15-10-18(24(16-21)33-5)17-27-19-11-13-20(14-12-19)28-26-29-23-9-7-6-8-22(23)25(30-26)32(3)4/h6-10,15-16,19-20,27H,11-14,17H2,1-5H3,(H,28,29,30)/t19-,20+. The van der Waals surface area contributed by atoms with Gasteiger partial charge in [0.25, 0.3) is 0 Å². The second-order valence-electron chi connectivity index (χ2n) is 9.25. The summed E-state index contributed by atoms with van der Waals surface area (Å²) in [7, 11) is 9.88. The quantitative estimate of drug-likeness (QED) is 0.533. The monoisotopic (exact) mass is 448 g/mol. The zero-order valence-electron chi connectivity index (χ0n) is 20.4. The molecule has 1 aliphatic rings. The van der Waals surface area contributed by atoms with Gasteiger partial charge in [-0.2, -0.15) is 4.98 Å². The van der Waals surface area contributed by atoms with E-state index in [4.69, 9.17) is 14.7 Å². The van der Waals surface area contributed by atoms with E-state index < -0.39 is 0 Å². The Bertz CT molecular complexity index is 1080. The Balaban J connectivity index is 1.33. The van der Waals surface area contributed by atoms with Crippen molar-refractivity contribution in [2.75, 3.05) is 50.4 Å². The third kappa shape index (κ3) is 5.47. The molecule has 2 N–H and O–H groups in total. The Morgan fingerprint density at radius 3 is 2.33 bits per heavy atom. The first-order valence-electron chi connectivity index (χ1n) is 11.7. The van der Waals surface area contributed by atoms with Crippen LogP contribution in [0.25, 0.3) is 10.9 Å². The van der Waals surface area contributed by atoms with Gasteiger partial charge in [0.15, 0.2) is 0 Å². The Morgan fingerprint density at radius 2 is 1.64 bits per heavy atom. The normalized spacial score (nSPS) is 18.2. The number of fused-ring (bicyclic) bond motifs is 1. The smallest absolute Gasteiger partial charge is 0.225 e. The molecule has 0 saturated heterocycles. The molecule has 0 amide bonds. The van der Waals surface area contributed by atoms with Crippen LogP contribution in [-0.2, 0) is 6.54 Å². The number of hydrogen-bond acceptors (Lipinski definition) is 7. The maximum atomic E-state index is 5.62. The summed E-state index contributed by atoms with van der Waals surface area (Å²) in [5.41, 5.74) is 3.32. The topological polar surface area (TPSA) is 65.6 Å². The van der Waals surface area contributed by atoms with Crippen LogP contribution in [0.15, 0.2) is 42.5 Å². The lowest BCUT2D eigenvalue weighted by Gasteiger charge is -2.30. The van der Waals surface area contributed by atoms with Crippen LogP contribution >= 0.6 is 0 Å². The molecule has 176 valence electrons. The van der Waals surface area contributed by atoms with E-state index in [0.29, 0.717) is 12.1 Å². The van der Waals surface area contributed by atoms with Gasteiger partial charge in [0.1, 0.15) is 11.6 Å². The maximum absolute atomic E-state index is 5.62. The first kappa shape index (κ1) is 23.1. The van der Waals surface area contributed by atoms with Crippen LogP contribution in [0, 0.1) is 0 Å². The van der Waals surface area contributed by atoms with E-state index in [9.17, 15) is 0 Å². The molecule has 1 aromatic heterocycles. The van der Waals surface area contributed by atoms with Gasteiger partial charge in [-0.25, -0.2) is 4.98 Å². The molecule has 0 bridgehead atoms. The van der Waals surface area contributed by atoms with Crippen LogP contribution in [-0.4, -0.2) is 57.4 Å². The molecule has 2 aromatic carbocycles. The van der Waals surface area contributed by atoms with Crippen molar-refractivity contribution < 1.29 is 4.74 Å². The fourth-order valence-electron chi connectivity index (χ4n) is 4.50. The van der Waals surface area contributed by atoms with Gasteiger partial charge in [0, 0.05) is 69.5 Å². The zero-order valence-corrected chi connectivity index (χ0v) is 20.4. The number of para-hydroxylation sites is 1. The number of ether oxygens (including phenoxy) is 1. The van der Waals surface area contributed by atoms with Crippen molar-refractivity contribution in [2.24, 2.45) is 0 Å². The van der Waals surface area contributed by atoms with Crippen molar-refractivity contribution in [3.8, 4) is 5.75 Å². The lowest BCUT2D eigenvalue weighted by molar-refractivity contribution is 0.348. The molecule has 1 saturated carbocycles. The van der Waals surface area contributed by atoms with Crippen molar-refractivity contribution in [1.29, 1.82) is 0 Å². The van der Waals surface area contributed by atoms with Gasteiger partial charge in [-0.1, -0.05) is 18.2 Å². The highest BCUT2D eigenvalue weighted by Crippen LogP contribution is 2.28. The zero-order chi connectivity index (χ0) is 23.4. The van der Waals surface area contributed by atoms with E-state index in [2.05, 4.69) is 50.8 Å². The molecule has 0 spiro atoms. The van der Waals surface area contributed by atoms with E-state index in [0.717, 1.165) is 66.3 Å². The van der Waals surface area contributed by atoms with Gasteiger partial charge in [-0.3, -0.25) is 0 Å². The van der Waals surface area contributed by atoms with Crippen LogP contribution in [0.3, 0.4) is 0 Å². The van der Waals surface area contributed by atoms with E-state index in [1.54, 1.807) is 7.11 Å². The Labute approximate surface area is 197 Å². The molecule has 0 aliphatic heterocycles. The SMILES string of the molecule is COc1cc(N(C)C)ccc1CN[C@H]1CC[C@@H](Nc2nc(N(C)C)c3ccccc3n2)CC1. The molecule has 0 atom stereocenters. The number of aromatic nitrogens is 2. The predicted molar refractivity (Wildman–Crippen MR) is 138 cm³/mol. The lowest BCUT2D eigenvalue weighted by atomic mass is 9.91. The maximum Gasteiger partial charge on any atom is 0.225 e. The van der Waals surface area contributed by atoms with Crippen LogP contribution in [0.4, 0.5) is 17.5 Å². The number of anilines is 3. The highest BCUT2D eigenvalue weighted by Gasteiger charge is 2.22. The molecule has 1 aliphatic carbocycles. The van der Waals surface area contributed by atoms with E-state index >= 15 is 0 Å². The van der Waals surface area contributed by atoms with Crippen LogP contribution < -0.4 is 25.2 Å². The predicted octanol–water partition coefficient (Wildman–Crippen LogP) is 4.28. The molecule has 0 radical (unpaired) electrons. The fraction of sp³-hybridized carbons (Fsp3) is 0.462. The molecule has 1 heterocycles. The number of hydrogen-bond donors (Lipinski definition) is 2. The van der Waals surface area contributed by atoms with E-state index in [1.165, 1.54) is 5.56 Å². The second kappa shape index (κ2) is 10.3. The van der Waals surface area contributed by atoms with E-state index in [1.807, 2.05) is 40.3 Å². The summed E-state index contributed by atoms with van der Waals surface area (Å²) in [6, 6.07) is 15.5. The molecule has 0 unspecified atom stereocenters. The number of benzene rings is 2. The minimum Gasteiger partial charge on any atom is -0.496 e. The Morgan fingerprint density at radius 1 is 0.909 bits per heavy atom. The summed E-state index contributed by atoms with van der Waals surface area (Å²) in [6.07, 6.45) is 4.46. The van der Waals surface area contributed by atoms with Crippen LogP contribution in [0.2, 0.25) is 0 Å². The largest absolute Gasteiger partial charge is 0.496 e. The van der Waals surface area contributed by atoms with Gasteiger partial charge in [-0.15, -0.1) is 0 Å². The summed E-state index contributed by atoms with van der Waals surface area (Å²) in [6.45, 7) is 0.819. The minimum atomic E-state index is 0.396. The van der Waals surface area contributed by atoms with Crippen molar-refractivity contribution >= 4 is 28.4 Å². The van der Waals surface area contributed by atoms with Crippen molar-refractivity contribution in [3.63, 3.8) is 0 Å². The van der Waals surface area contributed by atoms with Crippen LogP contribution in [0.5, 0.6) is 5.75 Å². The van der Waals surface area contributed by atoms with Crippen molar-refractivity contribution in [3.05, 3.63) is 48.0 Å². The number of methoxy groups -OCH3 is 1. The second-order valence-corrected chi connectivity index (χ2v) is 9.25. The highest BCUT2D eigenvalue weighted by molar-refractivity contribution is 5.90. The summed E-state index contributed by atoms with van der Waals surface area (Å²) in [4.78, 5) is 13.7. The van der Waals surface area contributed by atoms with Crippen molar-refractivity contribution in [1.82, 2.24) is 15.3 Å². The average molecular weight is 449 g/mol. The number of rotatable bonds is 8. The molecular formula is C26H36N6O. The van der Waals surface area contributed by atoms with Crippen molar-refractivity contribution in [2.45, 2.75) is 44.3 Å². The fourth-order valence-corrected chi connectivity index (χ4v) is 4.50. The molecular weight excluding hydrogens is 412 g/mol. The third-order valence-corrected chi connectivity index (χ3v) is 6.44. The van der Waals surface area contributed by atoms with Gasteiger partial charge in [0.2, 0.25) is 5.95 Å². The minimum absolute atomic E-state index is 0.396. The Hall–Kier alpha value is -3.06. The molecule has 33 heavy (non-hydrogen) atoms. The molecule has 1 fully saturated rings. The lowest BCUT2D eigenvalue weighted by Crippen LogP contribution is -2.37. The van der Waals surface area contributed by atoms with Gasteiger partial charge in [0.05, 0.1) is 12.6 Å². The summed E-state index contributed by atoms with van der Waals surface area (Å²) < 4.78 is 5.62. The molecule has 3 aromatic rings. The van der Waals surface area contributed by atoms with Gasteiger partial charge < -0.3 is 25.2 Å². The molecule has 7 nitrogen and oxygen atoms in total. The third-order valence-electron chi connectivity index (χ3n) is 6.44. The van der Waals surface area contributed by atoms with E-state index in [-0.39, 0.29) is 0 Å². The van der Waals surface area contributed by atoms with Gasteiger partial charge >= 0.3 is 0 Å².